The molecule has 0 spiro atoms. The van der Waals surface area contributed by atoms with Crippen LogP contribution in [0.5, 0.6) is 5.75 Å². The maximum absolute atomic E-state index is 12.4. The van der Waals surface area contributed by atoms with Crippen molar-refractivity contribution in [3.05, 3.63) is 35.5 Å². The minimum Gasteiger partial charge on any atom is -0.497 e. The molecule has 0 radical (unpaired) electrons. The van der Waals surface area contributed by atoms with Crippen LogP contribution in [0.3, 0.4) is 0 Å². The number of fused-ring (bicyclic) bond motifs is 1. The van der Waals surface area contributed by atoms with Gasteiger partial charge < -0.3 is 14.8 Å². The molecule has 1 heterocycles. The molecule has 1 N–H and O–H groups in total. The molecule has 0 aliphatic heterocycles. The number of nitrogens with one attached hydrogen (secondary N) is 1. The highest BCUT2D eigenvalue weighted by Gasteiger charge is 2.13. The highest BCUT2D eigenvalue weighted by molar-refractivity contribution is 6.06. The van der Waals surface area contributed by atoms with Crippen molar-refractivity contribution in [2.45, 2.75) is 26.9 Å². The number of hydrogen-bond acceptors (Lipinski definition) is 4. The molecule has 0 aliphatic rings. The predicted molar refractivity (Wildman–Crippen MR) is 86.5 cm³/mol. The quantitative estimate of drug-likeness (QED) is 0.891. The molecule has 0 fully saturated rings. The van der Waals surface area contributed by atoms with Crippen molar-refractivity contribution in [3.63, 3.8) is 0 Å². The molecule has 1 amide bonds. The van der Waals surface area contributed by atoms with E-state index in [1.165, 1.54) is 0 Å². The lowest BCUT2D eigenvalue weighted by molar-refractivity contribution is 0.0695. The van der Waals surface area contributed by atoms with Gasteiger partial charge in [-0.15, -0.1) is 0 Å². The van der Waals surface area contributed by atoms with Crippen LogP contribution in [0, 0.1) is 6.92 Å². The standard InChI is InChI=1S/C17H22N2O3/c1-5-22-12(3)10-18-17(20)15-8-11(2)19-16-9-13(21-4)6-7-14(15)16/h6-9,12H,5,10H2,1-4H3,(H,18,20). The van der Waals surface area contributed by atoms with E-state index in [1.807, 2.05) is 39.0 Å². The first-order valence-electron chi connectivity index (χ1n) is 7.40. The molecule has 5 nitrogen and oxygen atoms in total. The van der Waals surface area contributed by atoms with Crippen LogP contribution in [0.1, 0.15) is 29.9 Å². The molecule has 1 aromatic carbocycles. The first-order chi connectivity index (χ1) is 10.5. The first-order valence-corrected chi connectivity index (χ1v) is 7.40. The first kappa shape index (κ1) is 16.2. The SMILES string of the molecule is CCOC(C)CNC(=O)c1cc(C)nc2cc(OC)ccc12. The van der Waals surface area contributed by atoms with Gasteiger partial charge in [-0.1, -0.05) is 0 Å². The molecule has 0 aliphatic carbocycles. The van der Waals surface area contributed by atoms with Crippen molar-refractivity contribution in [2.75, 3.05) is 20.3 Å². The third-order valence-electron chi connectivity index (χ3n) is 3.39. The zero-order chi connectivity index (χ0) is 16.1. The molecule has 22 heavy (non-hydrogen) atoms. The maximum Gasteiger partial charge on any atom is 0.252 e. The lowest BCUT2D eigenvalue weighted by atomic mass is 10.1. The molecule has 118 valence electrons. The van der Waals surface area contributed by atoms with E-state index in [1.54, 1.807) is 13.2 Å². The minimum absolute atomic E-state index is 0.0109. The highest BCUT2D eigenvalue weighted by Crippen LogP contribution is 2.23. The Balaban J connectivity index is 2.28. The summed E-state index contributed by atoms with van der Waals surface area (Å²) in [6, 6.07) is 7.33. The largest absolute Gasteiger partial charge is 0.497 e. The Morgan fingerprint density at radius 2 is 2.14 bits per heavy atom. The van der Waals surface area contributed by atoms with Crippen LogP contribution in [-0.2, 0) is 4.74 Å². The van der Waals surface area contributed by atoms with E-state index < -0.39 is 0 Å². The zero-order valence-electron chi connectivity index (χ0n) is 13.5. The van der Waals surface area contributed by atoms with E-state index in [9.17, 15) is 4.79 Å². The Kier molecular flexibility index (Phi) is 5.33. The third kappa shape index (κ3) is 3.74. The number of hydrogen-bond donors (Lipinski definition) is 1. The summed E-state index contributed by atoms with van der Waals surface area (Å²) in [7, 11) is 1.61. The van der Waals surface area contributed by atoms with Gasteiger partial charge in [0.15, 0.2) is 0 Å². The van der Waals surface area contributed by atoms with Gasteiger partial charge in [0.2, 0.25) is 0 Å². The summed E-state index contributed by atoms with van der Waals surface area (Å²) in [5.74, 6) is 0.606. The van der Waals surface area contributed by atoms with Gasteiger partial charge in [-0.3, -0.25) is 9.78 Å². The fraction of sp³-hybridized carbons (Fsp3) is 0.412. The summed E-state index contributed by atoms with van der Waals surface area (Å²) in [5, 5.41) is 3.72. The molecular weight excluding hydrogens is 280 g/mol. The Morgan fingerprint density at radius 3 is 2.82 bits per heavy atom. The number of aromatic nitrogens is 1. The Labute approximate surface area is 130 Å². The molecule has 0 saturated carbocycles. The summed E-state index contributed by atoms with van der Waals surface area (Å²) >= 11 is 0. The Hall–Kier alpha value is -2.14. The summed E-state index contributed by atoms with van der Waals surface area (Å²) < 4.78 is 10.6. The molecule has 2 aromatic rings. The van der Waals surface area contributed by atoms with Crippen LogP contribution < -0.4 is 10.1 Å². The fourth-order valence-corrected chi connectivity index (χ4v) is 2.33. The highest BCUT2D eigenvalue weighted by atomic mass is 16.5. The number of ether oxygens (including phenoxy) is 2. The van der Waals surface area contributed by atoms with Crippen molar-refractivity contribution in [2.24, 2.45) is 0 Å². The van der Waals surface area contributed by atoms with Crippen molar-refractivity contribution in [3.8, 4) is 5.75 Å². The van der Waals surface area contributed by atoms with E-state index in [0.29, 0.717) is 18.7 Å². The lowest BCUT2D eigenvalue weighted by Crippen LogP contribution is -2.32. The smallest absolute Gasteiger partial charge is 0.252 e. The van der Waals surface area contributed by atoms with E-state index in [4.69, 9.17) is 9.47 Å². The van der Waals surface area contributed by atoms with Gasteiger partial charge in [-0.25, -0.2) is 0 Å². The normalized spacial score (nSPS) is 12.2. The Morgan fingerprint density at radius 1 is 1.36 bits per heavy atom. The van der Waals surface area contributed by atoms with Crippen molar-refractivity contribution in [1.29, 1.82) is 0 Å². The summed E-state index contributed by atoms with van der Waals surface area (Å²) in [6.45, 7) is 6.86. The van der Waals surface area contributed by atoms with Crippen LogP contribution in [0.25, 0.3) is 10.9 Å². The lowest BCUT2D eigenvalue weighted by Gasteiger charge is -2.14. The van der Waals surface area contributed by atoms with Gasteiger partial charge in [0, 0.05) is 30.3 Å². The van der Waals surface area contributed by atoms with Gasteiger partial charge in [0.05, 0.1) is 24.3 Å². The number of nitrogens with zero attached hydrogens (tertiary/aromatic N) is 1. The molecule has 5 heteroatoms. The molecule has 1 atom stereocenters. The van der Waals surface area contributed by atoms with Gasteiger partial charge in [-0.05, 0) is 39.0 Å². The van der Waals surface area contributed by atoms with Gasteiger partial charge in [-0.2, -0.15) is 0 Å². The van der Waals surface area contributed by atoms with Crippen LogP contribution in [0.4, 0.5) is 0 Å². The Bertz CT molecular complexity index is 670. The van der Waals surface area contributed by atoms with Crippen LogP contribution >= 0.6 is 0 Å². The monoisotopic (exact) mass is 302 g/mol. The molecule has 0 bridgehead atoms. The topological polar surface area (TPSA) is 60.5 Å². The second kappa shape index (κ2) is 7.22. The number of benzene rings is 1. The van der Waals surface area contributed by atoms with E-state index >= 15 is 0 Å². The summed E-state index contributed by atoms with van der Waals surface area (Å²) in [4.78, 5) is 16.9. The van der Waals surface area contributed by atoms with Crippen molar-refractivity contribution in [1.82, 2.24) is 10.3 Å². The molecule has 2 rings (SSSR count). The number of amides is 1. The number of pyridine rings is 1. The maximum atomic E-state index is 12.4. The third-order valence-corrected chi connectivity index (χ3v) is 3.39. The van der Waals surface area contributed by atoms with E-state index in [0.717, 1.165) is 22.3 Å². The average molecular weight is 302 g/mol. The van der Waals surface area contributed by atoms with E-state index in [2.05, 4.69) is 10.3 Å². The van der Waals surface area contributed by atoms with Crippen molar-refractivity contribution >= 4 is 16.8 Å². The van der Waals surface area contributed by atoms with Crippen molar-refractivity contribution < 1.29 is 14.3 Å². The second-order valence-corrected chi connectivity index (χ2v) is 5.17. The van der Waals surface area contributed by atoms with Gasteiger partial charge in [0.25, 0.3) is 5.91 Å². The summed E-state index contributed by atoms with van der Waals surface area (Å²) in [5.41, 5.74) is 2.17. The second-order valence-electron chi connectivity index (χ2n) is 5.17. The summed E-state index contributed by atoms with van der Waals surface area (Å²) in [6.07, 6.45) is -0.0109. The minimum atomic E-state index is -0.118. The van der Waals surface area contributed by atoms with Crippen LogP contribution in [-0.4, -0.2) is 37.3 Å². The number of methoxy groups -OCH3 is 1. The van der Waals surface area contributed by atoms with Gasteiger partial charge in [0.1, 0.15) is 5.75 Å². The molecule has 1 unspecified atom stereocenters. The number of rotatable bonds is 6. The van der Waals surface area contributed by atoms with Crippen LogP contribution in [0.15, 0.2) is 24.3 Å². The van der Waals surface area contributed by atoms with Crippen LogP contribution in [0.2, 0.25) is 0 Å². The number of carbonyl (C=O) groups is 1. The van der Waals surface area contributed by atoms with E-state index in [-0.39, 0.29) is 12.0 Å². The predicted octanol–water partition coefficient (Wildman–Crippen LogP) is 2.71. The molecular formula is C17H22N2O3. The number of carbonyl (C=O) groups excluding carboxylic acids is 1. The fourth-order valence-electron chi connectivity index (χ4n) is 2.33. The average Bonchev–Trinajstić information content (AvgIpc) is 2.51. The van der Waals surface area contributed by atoms with Gasteiger partial charge >= 0.3 is 0 Å². The molecule has 0 saturated heterocycles. The zero-order valence-corrected chi connectivity index (χ0v) is 13.5. The number of aryl methyl sites for hydroxylation is 1. The molecule has 1 aromatic heterocycles.